The molecule has 1 aromatic heterocycles. The Kier molecular flexibility index (Phi) is 2.67. The average Bonchev–Trinajstić information content (AvgIpc) is 2.70. The van der Waals surface area contributed by atoms with Gasteiger partial charge >= 0.3 is 0 Å². The van der Waals surface area contributed by atoms with Crippen LogP contribution in [-0.2, 0) is 0 Å². The predicted octanol–water partition coefficient (Wildman–Crippen LogP) is 2.99. The lowest BCUT2D eigenvalue weighted by Gasteiger charge is -2.10. The Bertz CT molecular complexity index is 287. The van der Waals surface area contributed by atoms with E-state index < -0.39 is 5.92 Å². The van der Waals surface area contributed by atoms with E-state index in [0.717, 1.165) is 5.13 Å². The van der Waals surface area contributed by atoms with Crippen LogP contribution in [0, 0.1) is 5.92 Å². The SMILES string of the molecule is FC1(F)CC[C@H](CNc2nccs2)C1. The smallest absolute Gasteiger partial charge is 0.248 e. The highest BCUT2D eigenvalue weighted by Crippen LogP contribution is 2.38. The van der Waals surface area contributed by atoms with Gasteiger partial charge < -0.3 is 5.32 Å². The van der Waals surface area contributed by atoms with Crippen LogP contribution in [0.2, 0.25) is 0 Å². The van der Waals surface area contributed by atoms with Crippen molar-refractivity contribution in [2.45, 2.75) is 25.2 Å². The largest absolute Gasteiger partial charge is 0.361 e. The van der Waals surface area contributed by atoms with Crippen LogP contribution < -0.4 is 5.32 Å². The van der Waals surface area contributed by atoms with Crippen LogP contribution in [-0.4, -0.2) is 17.5 Å². The summed E-state index contributed by atoms with van der Waals surface area (Å²) in [5, 5.41) is 5.76. The zero-order valence-electron chi connectivity index (χ0n) is 7.67. The molecule has 1 fully saturated rings. The van der Waals surface area contributed by atoms with Gasteiger partial charge in [0.05, 0.1) is 0 Å². The summed E-state index contributed by atoms with van der Waals surface area (Å²) in [4.78, 5) is 4.03. The van der Waals surface area contributed by atoms with E-state index in [9.17, 15) is 8.78 Å². The molecule has 1 aromatic rings. The third-order valence-corrected chi connectivity index (χ3v) is 3.21. The summed E-state index contributed by atoms with van der Waals surface area (Å²) in [6.07, 6.45) is 2.38. The first-order valence-corrected chi connectivity index (χ1v) is 5.55. The highest BCUT2D eigenvalue weighted by molar-refractivity contribution is 7.13. The first-order chi connectivity index (χ1) is 6.66. The van der Waals surface area contributed by atoms with Crippen molar-refractivity contribution in [3.8, 4) is 0 Å². The van der Waals surface area contributed by atoms with Crippen molar-refractivity contribution in [3.05, 3.63) is 11.6 Å². The second kappa shape index (κ2) is 3.81. The number of anilines is 1. The minimum atomic E-state index is -2.44. The Balaban J connectivity index is 1.78. The van der Waals surface area contributed by atoms with Crippen LogP contribution in [0.4, 0.5) is 13.9 Å². The Morgan fingerprint density at radius 3 is 3.07 bits per heavy atom. The lowest BCUT2D eigenvalue weighted by atomic mass is 10.1. The Labute approximate surface area is 85.4 Å². The fraction of sp³-hybridized carbons (Fsp3) is 0.667. The summed E-state index contributed by atoms with van der Waals surface area (Å²) in [7, 11) is 0. The van der Waals surface area contributed by atoms with E-state index in [1.807, 2.05) is 5.38 Å². The molecule has 0 amide bonds. The van der Waals surface area contributed by atoms with Gasteiger partial charge in [0.15, 0.2) is 5.13 Å². The van der Waals surface area contributed by atoms with Gasteiger partial charge in [0, 0.05) is 31.0 Å². The summed E-state index contributed by atoms with van der Waals surface area (Å²) in [6.45, 7) is 0.614. The van der Waals surface area contributed by atoms with E-state index in [1.165, 1.54) is 11.3 Å². The van der Waals surface area contributed by atoms with Gasteiger partial charge in [-0.3, -0.25) is 0 Å². The molecule has 1 N–H and O–H groups in total. The Morgan fingerprint density at radius 1 is 1.64 bits per heavy atom. The molecule has 0 aliphatic heterocycles. The van der Waals surface area contributed by atoms with Crippen molar-refractivity contribution < 1.29 is 8.78 Å². The summed E-state index contributed by atoms with van der Waals surface area (Å²) < 4.78 is 25.6. The van der Waals surface area contributed by atoms with Crippen LogP contribution in [0.1, 0.15) is 19.3 Å². The molecule has 1 aliphatic rings. The molecule has 1 aliphatic carbocycles. The van der Waals surface area contributed by atoms with Gasteiger partial charge in [0.25, 0.3) is 0 Å². The van der Waals surface area contributed by atoms with Crippen molar-refractivity contribution in [1.82, 2.24) is 4.98 Å². The molecule has 14 heavy (non-hydrogen) atoms. The second-order valence-electron chi connectivity index (χ2n) is 3.68. The first-order valence-electron chi connectivity index (χ1n) is 4.67. The molecule has 0 aromatic carbocycles. The molecule has 2 rings (SSSR count). The molecule has 0 spiro atoms. The van der Waals surface area contributed by atoms with E-state index in [1.54, 1.807) is 6.20 Å². The Morgan fingerprint density at radius 2 is 2.50 bits per heavy atom. The molecule has 0 unspecified atom stereocenters. The quantitative estimate of drug-likeness (QED) is 0.843. The number of aromatic nitrogens is 1. The molecular weight excluding hydrogens is 206 g/mol. The zero-order valence-corrected chi connectivity index (χ0v) is 8.49. The van der Waals surface area contributed by atoms with E-state index >= 15 is 0 Å². The standard InChI is InChI=1S/C9H12F2N2S/c10-9(11)2-1-7(5-9)6-13-8-12-3-4-14-8/h3-4,7H,1-2,5-6H2,(H,12,13)/t7-/m0/s1. The topological polar surface area (TPSA) is 24.9 Å². The molecule has 0 bridgehead atoms. The van der Waals surface area contributed by atoms with Gasteiger partial charge in [-0.2, -0.15) is 0 Å². The minimum absolute atomic E-state index is 0.0192. The van der Waals surface area contributed by atoms with Crippen molar-refractivity contribution in [2.24, 2.45) is 5.92 Å². The van der Waals surface area contributed by atoms with E-state index in [-0.39, 0.29) is 18.8 Å². The predicted molar refractivity (Wildman–Crippen MR) is 52.9 cm³/mol. The van der Waals surface area contributed by atoms with E-state index in [2.05, 4.69) is 10.3 Å². The van der Waals surface area contributed by atoms with Crippen LogP contribution in [0.3, 0.4) is 0 Å². The number of hydrogen-bond acceptors (Lipinski definition) is 3. The van der Waals surface area contributed by atoms with Crippen molar-refractivity contribution in [2.75, 3.05) is 11.9 Å². The number of rotatable bonds is 3. The second-order valence-corrected chi connectivity index (χ2v) is 4.58. The molecular formula is C9H12F2N2S. The van der Waals surface area contributed by atoms with Crippen LogP contribution >= 0.6 is 11.3 Å². The van der Waals surface area contributed by atoms with Gasteiger partial charge in [-0.25, -0.2) is 13.8 Å². The number of thiazole rings is 1. The lowest BCUT2D eigenvalue weighted by Crippen LogP contribution is -2.15. The van der Waals surface area contributed by atoms with E-state index in [0.29, 0.717) is 13.0 Å². The maximum atomic E-state index is 12.8. The van der Waals surface area contributed by atoms with Crippen LogP contribution in [0.25, 0.3) is 0 Å². The van der Waals surface area contributed by atoms with Crippen LogP contribution in [0.5, 0.6) is 0 Å². The fourth-order valence-corrected chi connectivity index (χ4v) is 2.30. The van der Waals surface area contributed by atoms with Gasteiger partial charge in [0.1, 0.15) is 0 Å². The maximum Gasteiger partial charge on any atom is 0.248 e. The van der Waals surface area contributed by atoms with Crippen molar-refractivity contribution >= 4 is 16.5 Å². The molecule has 78 valence electrons. The molecule has 1 saturated carbocycles. The van der Waals surface area contributed by atoms with Crippen LogP contribution in [0.15, 0.2) is 11.6 Å². The monoisotopic (exact) mass is 218 g/mol. The van der Waals surface area contributed by atoms with Gasteiger partial charge in [0.2, 0.25) is 5.92 Å². The molecule has 2 nitrogen and oxygen atoms in total. The first kappa shape index (κ1) is 9.83. The normalized spacial score (nSPS) is 25.1. The third-order valence-electron chi connectivity index (χ3n) is 2.48. The number of nitrogens with one attached hydrogen (secondary N) is 1. The van der Waals surface area contributed by atoms with Crippen molar-refractivity contribution in [1.29, 1.82) is 0 Å². The Hall–Kier alpha value is -0.710. The van der Waals surface area contributed by atoms with E-state index in [4.69, 9.17) is 0 Å². The van der Waals surface area contributed by atoms with Crippen molar-refractivity contribution in [3.63, 3.8) is 0 Å². The molecule has 5 heteroatoms. The summed E-state index contributed by atoms with van der Waals surface area (Å²) in [5.41, 5.74) is 0. The minimum Gasteiger partial charge on any atom is -0.361 e. The van der Waals surface area contributed by atoms with Gasteiger partial charge in [-0.15, -0.1) is 11.3 Å². The number of alkyl halides is 2. The fourth-order valence-electron chi connectivity index (χ4n) is 1.76. The number of hydrogen-bond donors (Lipinski definition) is 1. The molecule has 0 saturated heterocycles. The third kappa shape index (κ3) is 2.41. The summed E-state index contributed by atoms with van der Waals surface area (Å²) in [6, 6.07) is 0. The average molecular weight is 218 g/mol. The number of nitrogens with zero attached hydrogens (tertiary/aromatic N) is 1. The zero-order chi connectivity index (χ0) is 10.0. The summed E-state index contributed by atoms with van der Waals surface area (Å²) >= 11 is 1.50. The lowest BCUT2D eigenvalue weighted by molar-refractivity contribution is 0.00556. The molecule has 0 radical (unpaired) electrons. The van der Waals surface area contributed by atoms with Gasteiger partial charge in [-0.05, 0) is 12.3 Å². The molecule has 1 atom stereocenters. The highest BCUT2D eigenvalue weighted by Gasteiger charge is 2.39. The number of halogens is 2. The van der Waals surface area contributed by atoms with Gasteiger partial charge in [-0.1, -0.05) is 0 Å². The maximum absolute atomic E-state index is 12.8. The molecule has 1 heterocycles. The highest BCUT2D eigenvalue weighted by atomic mass is 32.1. The summed E-state index contributed by atoms with van der Waals surface area (Å²) in [5.74, 6) is -2.34.